The first-order chi connectivity index (χ1) is 13.6. The van der Waals surface area contributed by atoms with Crippen molar-refractivity contribution in [1.29, 1.82) is 0 Å². The van der Waals surface area contributed by atoms with Crippen LogP contribution in [0.3, 0.4) is 0 Å². The second-order valence-corrected chi connectivity index (χ2v) is 8.20. The number of H-pyrrole nitrogens is 1. The molecule has 0 unspecified atom stereocenters. The van der Waals surface area contributed by atoms with Crippen molar-refractivity contribution < 1.29 is 18.3 Å². The average molecular weight is 424 g/mol. The van der Waals surface area contributed by atoms with E-state index in [0.717, 1.165) is 54.5 Å². The molecule has 1 aromatic carbocycles. The summed E-state index contributed by atoms with van der Waals surface area (Å²) in [5, 5.41) is 4.41. The van der Waals surface area contributed by atoms with E-state index in [1.165, 1.54) is 6.07 Å². The Labute approximate surface area is 168 Å². The van der Waals surface area contributed by atoms with E-state index in [9.17, 15) is 13.6 Å². The minimum absolute atomic E-state index is 0.281. The number of nitrogens with zero attached hydrogens (tertiary/aromatic N) is 2. The number of hydrogen-bond acceptors (Lipinski definition) is 6. The predicted octanol–water partition coefficient (Wildman–Crippen LogP) is 4.02. The highest BCUT2D eigenvalue weighted by atomic mass is 32.2. The Hall–Kier alpha value is -2.01. The van der Waals surface area contributed by atoms with E-state index in [4.69, 9.17) is 4.74 Å². The molecule has 148 valence electrons. The molecule has 2 N–H and O–H groups in total. The molecule has 3 aromatic rings. The topological polar surface area (TPSA) is 70.2 Å². The van der Waals surface area contributed by atoms with Crippen molar-refractivity contribution in [3.63, 3.8) is 0 Å². The van der Waals surface area contributed by atoms with Crippen LogP contribution in [-0.4, -0.2) is 52.8 Å². The van der Waals surface area contributed by atoms with Crippen LogP contribution in [-0.2, 0) is 11.3 Å². The molecule has 1 saturated heterocycles. The van der Waals surface area contributed by atoms with E-state index in [-0.39, 0.29) is 9.77 Å². The number of imidazole rings is 1. The highest BCUT2D eigenvalue weighted by Crippen LogP contribution is 2.32. The fourth-order valence-electron chi connectivity index (χ4n) is 3.03. The second-order valence-electron chi connectivity index (χ2n) is 6.25. The zero-order valence-electron chi connectivity index (χ0n) is 14.8. The quantitative estimate of drug-likeness (QED) is 0.585. The first-order valence-corrected chi connectivity index (χ1v) is 10.5. The number of carbonyl (C=O) groups is 1. The van der Waals surface area contributed by atoms with Crippen molar-refractivity contribution >= 4 is 45.7 Å². The summed E-state index contributed by atoms with van der Waals surface area (Å²) >= 11 is 1.52. The predicted molar refractivity (Wildman–Crippen MR) is 106 cm³/mol. The van der Waals surface area contributed by atoms with E-state index >= 15 is 0 Å². The Kier molecular flexibility index (Phi) is 5.90. The van der Waals surface area contributed by atoms with Crippen LogP contribution in [0, 0.1) is 0 Å². The van der Waals surface area contributed by atoms with Gasteiger partial charge in [-0.2, -0.15) is 8.78 Å². The van der Waals surface area contributed by atoms with E-state index in [1.807, 2.05) is 6.07 Å². The molecular formula is C18H18F2N4O2S2. The average Bonchev–Trinajstić information content (AvgIpc) is 3.28. The smallest absolute Gasteiger partial charge is 0.288 e. The number of nitrogens with one attached hydrogen (secondary N) is 2. The zero-order valence-corrected chi connectivity index (χ0v) is 16.4. The summed E-state index contributed by atoms with van der Waals surface area (Å²) in [6.45, 7) is 3.91. The minimum Gasteiger partial charge on any atom is -0.379 e. The van der Waals surface area contributed by atoms with E-state index in [1.54, 1.807) is 17.5 Å². The molecule has 0 spiro atoms. The van der Waals surface area contributed by atoms with Crippen LogP contribution in [0.25, 0.3) is 11.0 Å². The molecule has 1 aliphatic heterocycles. The van der Waals surface area contributed by atoms with E-state index in [0.29, 0.717) is 24.0 Å². The lowest BCUT2D eigenvalue weighted by Crippen LogP contribution is -2.35. The van der Waals surface area contributed by atoms with Gasteiger partial charge < -0.3 is 15.0 Å². The van der Waals surface area contributed by atoms with Gasteiger partial charge in [0.1, 0.15) is 10.7 Å². The summed E-state index contributed by atoms with van der Waals surface area (Å²) in [5.41, 5.74) is 2.21. The van der Waals surface area contributed by atoms with E-state index in [2.05, 4.69) is 20.2 Å². The third-order valence-corrected chi connectivity index (χ3v) is 6.13. The number of hydrogen-bond donors (Lipinski definition) is 2. The van der Waals surface area contributed by atoms with Crippen LogP contribution >= 0.6 is 23.1 Å². The number of halogens is 2. The lowest BCUT2D eigenvalue weighted by Gasteiger charge is -2.25. The van der Waals surface area contributed by atoms with E-state index < -0.39 is 11.7 Å². The number of amides is 1. The number of rotatable bonds is 6. The van der Waals surface area contributed by atoms with Gasteiger partial charge in [-0.3, -0.25) is 9.69 Å². The maximum absolute atomic E-state index is 12.6. The number of thioether (sulfide) groups is 1. The van der Waals surface area contributed by atoms with Crippen LogP contribution in [0.5, 0.6) is 0 Å². The Balaban J connectivity index is 1.47. The number of aromatic nitrogens is 2. The number of anilines is 1. The maximum atomic E-state index is 12.6. The molecule has 6 nitrogen and oxygen atoms in total. The molecule has 4 rings (SSSR count). The highest BCUT2D eigenvalue weighted by molar-refractivity contribution is 7.99. The van der Waals surface area contributed by atoms with Crippen LogP contribution in [0.2, 0.25) is 0 Å². The van der Waals surface area contributed by atoms with Crippen molar-refractivity contribution in [2.45, 2.75) is 17.2 Å². The maximum Gasteiger partial charge on any atom is 0.288 e. The lowest BCUT2D eigenvalue weighted by molar-refractivity contribution is 0.0332. The molecule has 0 radical (unpaired) electrons. The molecule has 0 saturated carbocycles. The monoisotopic (exact) mass is 424 g/mol. The summed E-state index contributed by atoms with van der Waals surface area (Å²) < 4.78 is 30.6. The number of ether oxygens (including phenoxy) is 1. The number of thiophene rings is 1. The molecular weight excluding hydrogens is 406 g/mol. The van der Waals surface area contributed by atoms with Gasteiger partial charge in [0, 0.05) is 23.7 Å². The molecule has 1 fully saturated rings. The minimum atomic E-state index is -2.56. The standard InChI is InChI=1S/C18H18F2N4O2S2/c19-18(20)28-14-3-8-27-16(14)17(25)21-11-1-2-12-13(9-11)23-15(22-12)10-24-4-6-26-7-5-24/h1-3,8-9,18H,4-7,10H2,(H,21,25)(H,22,23). The number of aromatic amines is 1. The van der Waals surface area contributed by atoms with Gasteiger partial charge in [-0.25, -0.2) is 4.98 Å². The summed E-state index contributed by atoms with van der Waals surface area (Å²) in [6.07, 6.45) is 0. The molecule has 1 amide bonds. The summed E-state index contributed by atoms with van der Waals surface area (Å²) in [7, 11) is 0. The number of fused-ring (bicyclic) bond motifs is 1. The van der Waals surface area contributed by atoms with Gasteiger partial charge in [0.15, 0.2) is 0 Å². The molecule has 0 aliphatic carbocycles. The SMILES string of the molecule is O=C(Nc1ccc2nc(CN3CCOCC3)[nH]c2c1)c1sccc1SC(F)F. The molecule has 2 aromatic heterocycles. The van der Waals surface area contributed by atoms with Gasteiger partial charge in [-0.1, -0.05) is 11.8 Å². The summed E-state index contributed by atoms with van der Waals surface area (Å²) in [4.78, 5) is 23.2. The van der Waals surface area contributed by atoms with Gasteiger partial charge in [0.2, 0.25) is 0 Å². The number of carbonyl (C=O) groups excluding carboxylic acids is 1. The molecule has 3 heterocycles. The van der Waals surface area contributed by atoms with Gasteiger partial charge >= 0.3 is 0 Å². The largest absolute Gasteiger partial charge is 0.379 e. The van der Waals surface area contributed by atoms with Crippen LogP contribution in [0.15, 0.2) is 34.5 Å². The van der Waals surface area contributed by atoms with Crippen molar-refractivity contribution in [3.8, 4) is 0 Å². The van der Waals surface area contributed by atoms with Gasteiger partial charge in [-0.15, -0.1) is 11.3 Å². The Morgan fingerprint density at radius 1 is 1.36 bits per heavy atom. The van der Waals surface area contributed by atoms with Crippen LogP contribution < -0.4 is 5.32 Å². The first kappa shape index (κ1) is 19.3. The first-order valence-electron chi connectivity index (χ1n) is 8.71. The van der Waals surface area contributed by atoms with Crippen LogP contribution in [0.4, 0.5) is 14.5 Å². The molecule has 1 aliphatic rings. The normalized spacial score (nSPS) is 15.4. The van der Waals surface area contributed by atoms with Gasteiger partial charge in [0.05, 0.1) is 30.8 Å². The lowest BCUT2D eigenvalue weighted by atomic mass is 10.2. The Bertz CT molecular complexity index is 970. The molecule has 0 bridgehead atoms. The number of alkyl halides is 2. The Morgan fingerprint density at radius 2 is 2.18 bits per heavy atom. The Morgan fingerprint density at radius 3 is 2.96 bits per heavy atom. The third-order valence-electron chi connectivity index (χ3n) is 4.32. The van der Waals surface area contributed by atoms with Crippen molar-refractivity contribution in [3.05, 3.63) is 40.3 Å². The zero-order chi connectivity index (χ0) is 19.5. The fourth-order valence-corrected chi connectivity index (χ4v) is 4.62. The number of benzene rings is 1. The fraction of sp³-hybridized carbons (Fsp3) is 0.333. The number of morpholine rings is 1. The second kappa shape index (κ2) is 8.56. The molecule has 28 heavy (non-hydrogen) atoms. The van der Waals surface area contributed by atoms with Gasteiger partial charge in [0.25, 0.3) is 11.7 Å². The highest BCUT2D eigenvalue weighted by Gasteiger charge is 2.18. The van der Waals surface area contributed by atoms with Crippen molar-refractivity contribution in [1.82, 2.24) is 14.9 Å². The van der Waals surface area contributed by atoms with Crippen molar-refractivity contribution in [2.75, 3.05) is 31.6 Å². The summed E-state index contributed by atoms with van der Waals surface area (Å²) in [6, 6.07) is 6.92. The molecule has 0 atom stereocenters. The van der Waals surface area contributed by atoms with Crippen LogP contribution in [0.1, 0.15) is 15.5 Å². The molecule has 10 heteroatoms. The van der Waals surface area contributed by atoms with Gasteiger partial charge in [-0.05, 0) is 29.6 Å². The summed E-state index contributed by atoms with van der Waals surface area (Å²) in [5.74, 6) is -2.10. The third kappa shape index (κ3) is 4.52. The van der Waals surface area contributed by atoms with Crippen molar-refractivity contribution in [2.24, 2.45) is 0 Å².